The average Bonchev–Trinajstić information content (AvgIpc) is 3.14. The maximum atomic E-state index is 13.2. The fraction of sp³-hybridized carbons (Fsp3) is 0.550. The molecule has 1 aromatic carbocycles. The van der Waals surface area contributed by atoms with E-state index in [1.165, 1.54) is 0 Å². The maximum Gasteiger partial charge on any atom is 0.233 e. The first-order valence-corrected chi connectivity index (χ1v) is 9.58. The van der Waals surface area contributed by atoms with Crippen LogP contribution < -0.4 is 4.74 Å². The third-order valence-corrected chi connectivity index (χ3v) is 5.64. The summed E-state index contributed by atoms with van der Waals surface area (Å²) in [6.45, 7) is 4.55. The van der Waals surface area contributed by atoms with Crippen LogP contribution in [0.2, 0.25) is 0 Å². The molecule has 27 heavy (non-hydrogen) atoms. The van der Waals surface area contributed by atoms with Gasteiger partial charge in [0.05, 0.1) is 31.4 Å². The third-order valence-electron chi connectivity index (χ3n) is 5.64. The Labute approximate surface area is 159 Å². The van der Waals surface area contributed by atoms with Crippen molar-refractivity contribution < 1.29 is 14.3 Å². The highest BCUT2D eigenvalue weighted by molar-refractivity contribution is 5.91. The molecule has 1 aliphatic carbocycles. The molecule has 1 atom stereocenters. The van der Waals surface area contributed by atoms with Gasteiger partial charge in [-0.1, -0.05) is 17.3 Å². The van der Waals surface area contributed by atoms with Gasteiger partial charge in [-0.25, -0.2) is 4.68 Å². The first-order valence-electron chi connectivity index (χ1n) is 9.58. The lowest BCUT2D eigenvalue weighted by molar-refractivity contribution is -0.133. The van der Waals surface area contributed by atoms with Gasteiger partial charge in [0, 0.05) is 19.7 Å². The van der Waals surface area contributed by atoms with Gasteiger partial charge in [0.2, 0.25) is 5.91 Å². The van der Waals surface area contributed by atoms with Crippen LogP contribution in [0, 0.1) is 0 Å². The van der Waals surface area contributed by atoms with E-state index in [-0.39, 0.29) is 17.4 Å². The fourth-order valence-electron chi connectivity index (χ4n) is 3.87. The van der Waals surface area contributed by atoms with Gasteiger partial charge in [-0.2, -0.15) is 0 Å². The van der Waals surface area contributed by atoms with Crippen molar-refractivity contribution in [1.29, 1.82) is 0 Å². The highest BCUT2D eigenvalue weighted by atomic mass is 16.5. The minimum Gasteiger partial charge on any atom is -0.497 e. The van der Waals surface area contributed by atoms with Crippen molar-refractivity contribution in [3.8, 4) is 5.75 Å². The average molecular weight is 370 g/mol. The molecule has 1 unspecified atom stereocenters. The second kappa shape index (κ2) is 7.31. The number of carbonyl (C=O) groups excluding carboxylic acids is 1. The molecule has 0 spiro atoms. The predicted molar refractivity (Wildman–Crippen MR) is 99.5 cm³/mol. The molecule has 7 nitrogen and oxygen atoms in total. The van der Waals surface area contributed by atoms with E-state index >= 15 is 0 Å². The van der Waals surface area contributed by atoms with Crippen LogP contribution in [0.15, 0.2) is 30.5 Å². The number of hydrogen-bond donors (Lipinski definition) is 0. The van der Waals surface area contributed by atoms with Gasteiger partial charge in [0.15, 0.2) is 0 Å². The number of ether oxygens (including phenoxy) is 2. The molecule has 2 fully saturated rings. The van der Waals surface area contributed by atoms with Crippen molar-refractivity contribution in [3.63, 3.8) is 0 Å². The molecule has 4 rings (SSSR count). The Morgan fingerprint density at radius 3 is 2.74 bits per heavy atom. The van der Waals surface area contributed by atoms with Gasteiger partial charge in [0.1, 0.15) is 11.4 Å². The molecule has 1 saturated heterocycles. The van der Waals surface area contributed by atoms with Crippen molar-refractivity contribution in [2.45, 2.75) is 44.2 Å². The summed E-state index contributed by atoms with van der Waals surface area (Å²) in [5, 5.41) is 8.40. The molecule has 7 heteroatoms. The van der Waals surface area contributed by atoms with Crippen LogP contribution in [0.5, 0.6) is 5.75 Å². The lowest BCUT2D eigenvalue weighted by Gasteiger charge is -2.23. The number of hydrogen-bond acceptors (Lipinski definition) is 5. The molecule has 0 N–H and O–H groups in total. The molecule has 2 aliphatic rings. The molecule has 1 amide bonds. The van der Waals surface area contributed by atoms with Crippen LogP contribution in [0.25, 0.3) is 0 Å². The number of likely N-dealkylation sites (tertiary alicyclic amines) is 1. The fourth-order valence-corrected chi connectivity index (χ4v) is 3.87. The van der Waals surface area contributed by atoms with E-state index in [1.807, 2.05) is 47.0 Å². The molecule has 144 valence electrons. The summed E-state index contributed by atoms with van der Waals surface area (Å²) in [5.41, 5.74) is 1.58. The summed E-state index contributed by atoms with van der Waals surface area (Å²) in [4.78, 5) is 15.2. The molecule has 2 heterocycles. The van der Waals surface area contributed by atoms with Crippen LogP contribution in [-0.4, -0.2) is 52.6 Å². The summed E-state index contributed by atoms with van der Waals surface area (Å²) in [6.07, 6.45) is 4.68. The first kappa shape index (κ1) is 18.0. The molecular formula is C20H26N4O3. The number of amides is 1. The molecule has 0 bridgehead atoms. The van der Waals surface area contributed by atoms with Crippen molar-refractivity contribution in [3.05, 3.63) is 41.7 Å². The van der Waals surface area contributed by atoms with E-state index in [0.717, 1.165) is 42.8 Å². The molecule has 1 saturated carbocycles. The Morgan fingerprint density at radius 2 is 2.07 bits per heavy atom. The Hall–Kier alpha value is -2.41. The Morgan fingerprint density at radius 1 is 1.30 bits per heavy atom. The minimum absolute atomic E-state index is 0.184. The third kappa shape index (κ3) is 3.43. The second-order valence-electron chi connectivity index (χ2n) is 7.33. The summed E-state index contributed by atoms with van der Waals surface area (Å²) in [6, 6.07) is 8.10. The van der Waals surface area contributed by atoms with Crippen molar-refractivity contribution in [2.24, 2.45) is 0 Å². The Kier molecular flexibility index (Phi) is 4.86. The molecule has 0 radical (unpaired) electrons. The zero-order chi connectivity index (χ0) is 18.9. The number of benzene rings is 1. The van der Waals surface area contributed by atoms with Crippen LogP contribution in [-0.2, 0) is 21.6 Å². The standard InChI is InChI=1S/C20H26N4O3/c1-3-27-14-16-12-24(22-21-16)17-8-11-23(13-17)19(25)20(9-10-20)15-4-6-18(26-2)7-5-15/h4-7,12,17H,3,8-11,13-14H2,1-2H3. The van der Waals surface area contributed by atoms with Gasteiger partial charge in [-0.3, -0.25) is 4.79 Å². The van der Waals surface area contributed by atoms with Gasteiger partial charge in [-0.15, -0.1) is 5.10 Å². The Balaban J connectivity index is 1.42. The van der Waals surface area contributed by atoms with Gasteiger partial charge < -0.3 is 14.4 Å². The van der Waals surface area contributed by atoms with E-state index < -0.39 is 0 Å². The smallest absolute Gasteiger partial charge is 0.233 e. The zero-order valence-electron chi connectivity index (χ0n) is 15.9. The number of aromatic nitrogens is 3. The first-order chi connectivity index (χ1) is 13.2. The van der Waals surface area contributed by atoms with E-state index in [9.17, 15) is 4.79 Å². The molecule has 1 aliphatic heterocycles. The van der Waals surface area contributed by atoms with Crippen LogP contribution in [0.1, 0.15) is 43.5 Å². The van der Waals surface area contributed by atoms with Crippen LogP contribution >= 0.6 is 0 Å². The monoisotopic (exact) mass is 370 g/mol. The number of carbonyl (C=O) groups is 1. The van der Waals surface area contributed by atoms with Crippen molar-refractivity contribution in [2.75, 3.05) is 26.8 Å². The predicted octanol–water partition coefficient (Wildman–Crippen LogP) is 2.33. The number of rotatable bonds is 7. The summed E-state index contributed by atoms with van der Waals surface area (Å²) >= 11 is 0. The Bertz CT molecular complexity index is 798. The summed E-state index contributed by atoms with van der Waals surface area (Å²) < 4.78 is 12.5. The number of nitrogens with zero attached hydrogens (tertiary/aromatic N) is 4. The van der Waals surface area contributed by atoms with E-state index in [2.05, 4.69) is 10.3 Å². The van der Waals surface area contributed by atoms with E-state index in [0.29, 0.717) is 19.8 Å². The summed E-state index contributed by atoms with van der Waals surface area (Å²) in [5.74, 6) is 1.06. The van der Waals surface area contributed by atoms with Gasteiger partial charge >= 0.3 is 0 Å². The van der Waals surface area contributed by atoms with Crippen LogP contribution in [0.3, 0.4) is 0 Å². The highest BCUT2D eigenvalue weighted by Crippen LogP contribution is 2.50. The van der Waals surface area contributed by atoms with Gasteiger partial charge in [-0.05, 0) is 43.9 Å². The van der Waals surface area contributed by atoms with E-state index in [4.69, 9.17) is 9.47 Å². The minimum atomic E-state index is -0.344. The quantitative estimate of drug-likeness (QED) is 0.748. The van der Waals surface area contributed by atoms with Crippen molar-refractivity contribution in [1.82, 2.24) is 19.9 Å². The molecular weight excluding hydrogens is 344 g/mol. The second-order valence-corrected chi connectivity index (χ2v) is 7.33. The summed E-state index contributed by atoms with van der Waals surface area (Å²) in [7, 11) is 1.65. The lowest BCUT2D eigenvalue weighted by Crippen LogP contribution is -2.38. The topological polar surface area (TPSA) is 69.5 Å². The number of methoxy groups -OCH3 is 1. The molecule has 1 aromatic heterocycles. The maximum absolute atomic E-state index is 13.2. The van der Waals surface area contributed by atoms with Crippen LogP contribution in [0.4, 0.5) is 0 Å². The normalized spacial score (nSPS) is 20.7. The SMILES string of the molecule is CCOCc1cn(C2CCN(C(=O)C3(c4ccc(OC)cc4)CC3)C2)nn1. The van der Waals surface area contributed by atoms with Crippen molar-refractivity contribution >= 4 is 5.91 Å². The zero-order valence-corrected chi connectivity index (χ0v) is 15.9. The highest BCUT2D eigenvalue weighted by Gasteiger charge is 2.53. The van der Waals surface area contributed by atoms with Gasteiger partial charge in [0.25, 0.3) is 0 Å². The largest absolute Gasteiger partial charge is 0.497 e. The lowest BCUT2D eigenvalue weighted by atomic mass is 9.94. The van der Waals surface area contributed by atoms with E-state index in [1.54, 1.807) is 7.11 Å². The molecule has 2 aromatic rings.